The van der Waals surface area contributed by atoms with Crippen LogP contribution in [0.25, 0.3) is 0 Å². The Kier molecular flexibility index (Phi) is 17.2. The SMILES string of the molecule is CCCCCCOCCOCCOC(=O)NCCC[Si](OC)(OC)OC. The molecule has 0 atom stereocenters. The first-order valence-corrected chi connectivity index (χ1v) is 11.3. The van der Waals surface area contributed by atoms with E-state index in [-0.39, 0.29) is 6.61 Å². The second kappa shape index (κ2) is 17.7. The van der Waals surface area contributed by atoms with Gasteiger partial charge in [0.2, 0.25) is 0 Å². The molecule has 0 rings (SSSR count). The van der Waals surface area contributed by atoms with Gasteiger partial charge in [0.05, 0.1) is 19.8 Å². The molecule has 0 fully saturated rings. The van der Waals surface area contributed by atoms with Crippen LogP contribution < -0.4 is 5.32 Å². The Labute approximate surface area is 159 Å². The predicted octanol–water partition coefficient (Wildman–Crippen LogP) is 2.59. The van der Waals surface area contributed by atoms with Gasteiger partial charge in [-0.25, -0.2) is 4.79 Å². The van der Waals surface area contributed by atoms with Gasteiger partial charge in [-0.05, 0) is 12.8 Å². The number of unbranched alkanes of at least 4 members (excludes halogenated alkanes) is 3. The lowest BCUT2D eigenvalue weighted by Gasteiger charge is -2.24. The van der Waals surface area contributed by atoms with Crippen LogP contribution in [0.4, 0.5) is 4.79 Å². The van der Waals surface area contributed by atoms with Crippen molar-refractivity contribution in [1.29, 1.82) is 0 Å². The van der Waals surface area contributed by atoms with Gasteiger partial charge in [-0.3, -0.25) is 0 Å². The topological polar surface area (TPSA) is 84.5 Å². The summed E-state index contributed by atoms with van der Waals surface area (Å²) in [6.07, 6.45) is 5.02. The Morgan fingerprint density at radius 1 is 0.808 bits per heavy atom. The lowest BCUT2D eigenvalue weighted by Crippen LogP contribution is -2.43. The van der Waals surface area contributed by atoms with Crippen molar-refractivity contribution in [3.8, 4) is 0 Å². The van der Waals surface area contributed by atoms with Crippen molar-refractivity contribution in [2.75, 3.05) is 60.9 Å². The van der Waals surface area contributed by atoms with Gasteiger partial charge in [0, 0.05) is 40.5 Å². The van der Waals surface area contributed by atoms with Crippen molar-refractivity contribution in [3.05, 3.63) is 0 Å². The molecule has 0 heterocycles. The van der Waals surface area contributed by atoms with Crippen molar-refractivity contribution in [3.63, 3.8) is 0 Å². The van der Waals surface area contributed by atoms with E-state index in [1.807, 2.05) is 0 Å². The van der Waals surface area contributed by atoms with Crippen LogP contribution in [0.5, 0.6) is 0 Å². The molecule has 9 heteroatoms. The van der Waals surface area contributed by atoms with Gasteiger partial charge in [-0.2, -0.15) is 0 Å². The average Bonchev–Trinajstić information content (AvgIpc) is 2.67. The molecule has 0 aliphatic rings. The first-order chi connectivity index (χ1) is 12.6. The van der Waals surface area contributed by atoms with E-state index in [1.54, 1.807) is 21.3 Å². The van der Waals surface area contributed by atoms with Crippen LogP contribution in [0, 0.1) is 0 Å². The first kappa shape index (κ1) is 25.3. The number of carbonyl (C=O) groups excluding carboxylic acids is 1. The highest BCUT2D eigenvalue weighted by molar-refractivity contribution is 6.60. The lowest BCUT2D eigenvalue weighted by molar-refractivity contribution is 0.0272. The summed E-state index contributed by atoms with van der Waals surface area (Å²) in [7, 11) is 2.13. The van der Waals surface area contributed by atoms with E-state index in [4.69, 9.17) is 27.5 Å². The fraction of sp³-hybridized carbons (Fsp3) is 0.941. The summed E-state index contributed by atoms with van der Waals surface area (Å²) < 4.78 is 31.8. The normalized spacial score (nSPS) is 11.5. The molecule has 0 aliphatic carbocycles. The largest absolute Gasteiger partial charge is 0.500 e. The summed E-state index contributed by atoms with van der Waals surface area (Å²) in [5, 5.41) is 2.68. The van der Waals surface area contributed by atoms with Crippen LogP contribution in [0.1, 0.15) is 39.0 Å². The second-order valence-corrected chi connectivity index (χ2v) is 8.84. The fourth-order valence-electron chi connectivity index (χ4n) is 2.25. The van der Waals surface area contributed by atoms with Crippen molar-refractivity contribution in [2.24, 2.45) is 0 Å². The maximum atomic E-state index is 11.5. The summed E-state index contributed by atoms with van der Waals surface area (Å²) in [6.45, 7) is 5.10. The molecule has 1 N–H and O–H groups in total. The highest BCUT2D eigenvalue weighted by atomic mass is 28.4. The minimum atomic E-state index is -2.57. The lowest BCUT2D eigenvalue weighted by atomic mass is 10.2. The molecule has 8 nitrogen and oxygen atoms in total. The van der Waals surface area contributed by atoms with Crippen molar-refractivity contribution < 1.29 is 32.3 Å². The number of alkyl carbamates (subject to hydrolysis) is 1. The van der Waals surface area contributed by atoms with Gasteiger partial charge in [0.15, 0.2) is 0 Å². The molecule has 0 aromatic carbocycles. The van der Waals surface area contributed by atoms with Crippen LogP contribution in [0.3, 0.4) is 0 Å². The fourth-order valence-corrected chi connectivity index (χ4v) is 3.97. The van der Waals surface area contributed by atoms with E-state index in [2.05, 4.69) is 12.2 Å². The first-order valence-electron chi connectivity index (χ1n) is 9.35. The van der Waals surface area contributed by atoms with E-state index in [9.17, 15) is 4.79 Å². The molecule has 0 bridgehead atoms. The highest BCUT2D eigenvalue weighted by Gasteiger charge is 2.36. The Hall–Kier alpha value is -0.713. The Balaban J connectivity index is 3.42. The summed E-state index contributed by atoms with van der Waals surface area (Å²) in [5.41, 5.74) is 0. The quantitative estimate of drug-likeness (QED) is 0.282. The molecule has 0 saturated heterocycles. The van der Waals surface area contributed by atoms with Crippen molar-refractivity contribution >= 4 is 14.9 Å². The number of rotatable bonds is 18. The summed E-state index contributed by atoms with van der Waals surface area (Å²) in [4.78, 5) is 11.5. The number of ether oxygens (including phenoxy) is 3. The molecule has 26 heavy (non-hydrogen) atoms. The van der Waals surface area contributed by atoms with Gasteiger partial charge in [0.1, 0.15) is 6.61 Å². The summed E-state index contributed by atoms with van der Waals surface area (Å²) in [5.74, 6) is 0. The Bertz CT molecular complexity index is 322. The van der Waals surface area contributed by atoms with Gasteiger partial charge >= 0.3 is 14.9 Å². The van der Waals surface area contributed by atoms with Gasteiger partial charge in [-0.15, -0.1) is 0 Å². The van der Waals surface area contributed by atoms with Crippen LogP contribution in [0.2, 0.25) is 6.04 Å². The maximum absolute atomic E-state index is 11.5. The number of hydrogen-bond acceptors (Lipinski definition) is 7. The van der Waals surface area contributed by atoms with E-state index < -0.39 is 14.9 Å². The average molecular weight is 396 g/mol. The molecule has 0 aromatic rings. The molecule has 156 valence electrons. The van der Waals surface area contributed by atoms with E-state index in [0.29, 0.717) is 38.8 Å². The zero-order valence-electron chi connectivity index (χ0n) is 16.8. The van der Waals surface area contributed by atoms with Gasteiger partial charge < -0.3 is 32.8 Å². The monoisotopic (exact) mass is 395 g/mol. The van der Waals surface area contributed by atoms with Crippen LogP contribution in [-0.4, -0.2) is 75.8 Å². The molecular weight excluding hydrogens is 358 g/mol. The van der Waals surface area contributed by atoms with Gasteiger partial charge in [-0.1, -0.05) is 26.2 Å². The van der Waals surface area contributed by atoms with E-state index >= 15 is 0 Å². The van der Waals surface area contributed by atoms with Crippen LogP contribution in [0.15, 0.2) is 0 Å². The zero-order valence-corrected chi connectivity index (χ0v) is 17.8. The molecule has 0 aliphatic heterocycles. The maximum Gasteiger partial charge on any atom is 0.500 e. The molecule has 0 spiro atoms. The number of carbonyl (C=O) groups is 1. The second-order valence-electron chi connectivity index (χ2n) is 5.75. The molecule has 0 aromatic heterocycles. The summed E-state index contributed by atoms with van der Waals surface area (Å²) in [6, 6.07) is 0.623. The molecular formula is C17H37NO7Si. The van der Waals surface area contributed by atoms with Gasteiger partial charge in [0.25, 0.3) is 0 Å². The molecule has 0 unspecified atom stereocenters. The van der Waals surface area contributed by atoms with Crippen LogP contribution >= 0.6 is 0 Å². The molecule has 1 amide bonds. The minimum Gasteiger partial charge on any atom is -0.447 e. The molecule has 0 radical (unpaired) electrons. The third kappa shape index (κ3) is 13.5. The van der Waals surface area contributed by atoms with Crippen molar-refractivity contribution in [2.45, 2.75) is 45.1 Å². The Morgan fingerprint density at radius 2 is 1.42 bits per heavy atom. The third-order valence-corrected chi connectivity index (χ3v) is 6.67. The number of hydrogen-bond donors (Lipinski definition) is 1. The molecule has 0 saturated carbocycles. The Morgan fingerprint density at radius 3 is 2.04 bits per heavy atom. The third-order valence-electron chi connectivity index (χ3n) is 3.84. The summed E-state index contributed by atoms with van der Waals surface area (Å²) >= 11 is 0. The number of amides is 1. The zero-order chi connectivity index (χ0) is 19.5. The van der Waals surface area contributed by atoms with E-state index in [0.717, 1.165) is 13.0 Å². The van der Waals surface area contributed by atoms with E-state index in [1.165, 1.54) is 19.3 Å². The number of nitrogens with one attached hydrogen (secondary N) is 1. The van der Waals surface area contributed by atoms with Crippen molar-refractivity contribution in [1.82, 2.24) is 5.32 Å². The minimum absolute atomic E-state index is 0.217. The smallest absolute Gasteiger partial charge is 0.447 e. The highest BCUT2D eigenvalue weighted by Crippen LogP contribution is 2.14. The van der Waals surface area contributed by atoms with Crippen LogP contribution in [-0.2, 0) is 27.5 Å². The standard InChI is InChI=1S/C17H37NO7Si/c1-5-6-7-8-11-23-12-13-24-14-15-25-17(19)18-10-9-16-26(20-2,21-3)22-4/h5-16H2,1-4H3,(H,18,19). The predicted molar refractivity (Wildman–Crippen MR) is 101 cm³/mol.